The molecule has 3 rings (SSSR count). The van der Waals surface area contributed by atoms with Crippen molar-refractivity contribution < 1.29 is 45.1 Å². The van der Waals surface area contributed by atoms with E-state index in [0.717, 1.165) is 11.1 Å². The summed E-state index contributed by atoms with van der Waals surface area (Å²) in [6.07, 6.45) is -2.06. The Bertz CT molecular complexity index is 1690. The molecule has 0 saturated heterocycles. The molecule has 3 heterocycles. The Labute approximate surface area is 356 Å². The predicted octanol–water partition coefficient (Wildman–Crippen LogP) is 10.3. The van der Waals surface area contributed by atoms with Crippen LogP contribution in [0, 0.1) is 0 Å². The fourth-order valence-electron chi connectivity index (χ4n) is 3.97. The van der Waals surface area contributed by atoms with Crippen molar-refractivity contribution in [1.29, 1.82) is 0 Å². The summed E-state index contributed by atoms with van der Waals surface area (Å²) in [5, 5.41) is 11.8. The number of aromatic nitrogens is 4. The van der Waals surface area contributed by atoms with Crippen molar-refractivity contribution in [3.8, 4) is 11.4 Å². The number of allylic oxidation sites excluding steroid dienone is 1. The zero-order valence-electron chi connectivity index (χ0n) is 37.0. The van der Waals surface area contributed by atoms with Crippen LogP contribution < -0.4 is 11.3 Å². The van der Waals surface area contributed by atoms with Gasteiger partial charge in [0.2, 0.25) is 5.78 Å². The molecule has 60 heavy (non-hydrogen) atoms. The zero-order chi connectivity index (χ0) is 45.9. The number of aliphatic hydroxyl groups is 1. The van der Waals surface area contributed by atoms with E-state index in [1.165, 1.54) is 17.0 Å². The van der Waals surface area contributed by atoms with Crippen LogP contribution in [0.4, 0.5) is 26.3 Å². The molecule has 0 spiro atoms. The molecule has 0 radical (unpaired) electrons. The van der Waals surface area contributed by atoms with Crippen molar-refractivity contribution in [2.75, 3.05) is 27.2 Å². The molecule has 0 aliphatic carbocycles. The summed E-state index contributed by atoms with van der Waals surface area (Å²) in [5.74, 6) is 4.49. The predicted molar refractivity (Wildman–Crippen MR) is 234 cm³/mol. The molecule has 19 heteroatoms. The second-order valence-corrected chi connectivity index (χ2v) is 26.3. The smallest absolute Gasteiger partial charge is 0.390 e. The third kappa shape index (κ3) is 22.9. The third-order valence-corrected chi connectivity index (χ3v) is 18.4. The summed E-state index contributed by atoms with van der Waals surface area (Å²) < 4.78 is 84.9. The molecule has 344 valence electrons. The summed E-state index contributed by atoms with van der Waals surface area (Å²) in [5.41, 5.74) is 5.27. The highest BCUT2D eigenvalue weighted by atomic mass is 28.4. The molecule has 0 bridgehead atoms. The quantitative estimate of drug-likeness (QED) is 0.0358. The lowest BCUT2D eigenvalue weighted by molar-refractivity contribution is -0.137. The Morgan fingerprint density at radius 2 is 1.30 bits per heavy atom. The van der Waals surface area contributed by atoms with E-state index in [2.05, 4.69) is 88.6 Å². The number of aliphatic hydroxyl groups excluding tert-OH is 1. The number of rotatable bonds is 14. The first-order valence-electron chi connectivity index (χ1n) is 19.2. The van der Waals surface area contributed by atoms with Crippen LogP contribution >= 0.6 is 0 Å². The molecule has 0 amide bonds. The molecule has 4 N–H and O–H groups in total. The van der Waals surface area contributed by atoms with Crippen molar-refractivity contribution >= 4 is 22.4 Å². The first kappa shape index (κ1) is 58.6. The summed E-state index contributed by atoms with van der Waals surface area (Å²) in [6.45, 7) is 24.1. The molecule has 0 aliphatic heterocycles. The van der Waals surface area contributed by atoms with Gasteiger partial charge in [-0.3, -0.25) is 30.7 Å². The van der Waals surface area contributed by atoms with Crippen molar-refractivity contribution in [2.45, 2.75) is 137 Å². The molecular weight excluding hydrogens is 825 g/mol. The van der Waals surface area contributed by atoms with Crippen LogP contribution in [0.1, 0.15) is 90.3 Å². The van der Waals surface area contributed by atoms with Crippen molar-refractivity contribution in [3.63, 3.8) is 0 Å². The maximum Gasteiger partial charge on any atom is 0.390 e. The molecular formula is C41H71F6N7O4Si2. The molecule has 0 aliphatic rings. The Balaban J connectivity index is 0. The number of nitrogens with zero attached hydrogens (tertiary/aromatic N) is 5. The first-order chi connectivity index (χ1) is 26.9. The van der Waals surface area contributed by atoms with Gasteiger partial charge in [-0.25, -0.2) is 0 Å². The van der Waals surface area contributed by atoms with Crippen LogP contribution in [0.2, 0.25) is 36.3 Å². The Hall–Kier alpha value is -3.47. The van der Waals surface area contributed by atoms with Crippen LogP contribution in [0.5, 0.6) is 0 Å². The molecule has 3 aromatic heterocycles. The van der Waals surface area contributed by atoms with Gasteiger partial charge in [-0.1, -0.05) is 61.1 Å². The van der Waals surface area contributed by atoms with Crippen molar-refractivity contribution in [3.05, 3.63) is 78.0 Å². The third-order valence-electron chi connectivity index (χ3n) is 9.45. The van der Waals surface area contributed by atoms with Gasteiger partial charge in [0.05, 0.1) is 44.0 Å². The van der Waals surface area contributed by atoms with E-state index >= 15 is 0 Å². The monoisotopic (exact) mass is 896 g/mol. The van der Waals surface area contributed by atoms with Gasteiger partial charge < -0.3 is 18.9 Å². The minimum atomic E-state index is -4.22. The Kier molecular flexibility index (Phi) is 25.5. The average molecular weight is 896 g/mol. The minimum Gasteiger partial charge on any atom is -0.412 e. The second-order valence-electron chi connectivity index (χ2n) is 16.7. The van der Waals surface area contributed by atoms with Crippen molar-refractivity contribution in [2.24, 2.45) is 5.84 Å². The van der Waals surface area contributed by atoms with Crippen LogP contribution in [-0.2, 0) is 28.6 Å². The lowest BCUT2D eigenvalue weighted by atomic mass is 10.1. The van der Waals surface area contributed by atoms with E-state index in [-0.39, 0.29) is 43.0 Å². The van der Waals surface area contributed by atoms with Gasteiger partial charge in [0.1, 0.15) is 5.69 Å². The number of nitrogens with one attached hydrogen (secondary N) is 1. The van der Waals surface area contributed by atoms with E-state index in [1.807, 2.05) is 48.7 Å². The number of hydrazine groups is 1. The van der Waals surface area contributed by atoms with Crippen LogP contribution in [0.25, 0.3) is 11.4 Å². The largest absolute Gasteiger partial charge is 0.412 e. The van der Waals surface area contributed by atoms with Gasteiger partial charge in [0.15, 0.2) is 16.6 Å². The summed E-state index contributed by atoms with van der Waals surface area (Å²) in [7, 11) is -0.0379. The van der Waals surface area contributed by atoms with Crippen LogP contribution in [0.15, 0.2) is 61.2 Å². The van der Waals surface area contributed by atoms with E-state index in [9.17, 15) is 31.1 Å². The van der Waals surface area contributed by atoms with E-state index in [4.69, 9.17) is 14.0 Å². The lowest BCUT2D eigenvalue weighted by Gasteiger charge is -2.36. The molecule has 0 fully saturated rings. The molecule has 0 aromatic carbocycles. The van der Waals surface area contributed by atoms with E-state index < -0.39 is 41.8 Å². The van der Waals surface area contributed by atoms with Gasteiger partial charge >= 0.3 is 12.4 Å². The average Bonchev–Trinajstić information content (AvgIpc) is 3.59. The number of hydrogen-bond donors (Lipinski definition) is 3. The van der Waals surface area contributed by atoms with Gasteiger partial charge in [-0.05, 0) is 61.4 Å². The Morgan fingerprint density at radius 3 is 1.73 bits per heavy atom. The number of alkyl halides is 6. The normalized spacial score (nSPS) is 12.3. The summed E-state index contributed by atoms with van der Waals surface area (Å²) in [6, 6.07) is 9.16. The molecule has 11 nitrogen and oxygen atoms in total. The standard InChI is InChI=1S/C18H26F3N3OSi.C17H28N2O2Si.C3H7F3N2.C2H6O.CH4/c1-17(2,3)26(4,5)25-13-14-7-6-10-22-16(14)15-8-11-23-24(15)12-9-18(19,20)21;1-17(2,3)22(6,7)21-13-14-9-8-11-18-16(14)15(20)10-12-19(4)5;4-3(5,6)1-2-8-7;1-2-3;/h6-8,10-11H,9,12-13H2,1-5H3;8-12H,13H2,1-7H3;8H,1-2,7H2;3H,2H2,1H3;1H4/b;12-10+;;;. The highest BCUT2D eigenvalue weighted by molar-refractivity contribution is 6.74. The first-order valence-corrected chi connectivity index (χ1v) is 25.0. The van der Waals surface area contributed by atoms with Crippen molar-refractivity contribution in [1.82, 2.24) is 30.1 Å². The lowest BCUT2D eigenvalue weighted by Crippen LogP contribution is -2.40. The van der Waals surface area contributed by atoms with Gasteiger partial charge in [-0.2, -0.15) is 31.4 Å². The molecule has 0 atom stereocenters. The number of pyridine rings is 2. The maximum absolute atomic E-state index is 12.6. The number of nitrogens with two attached hydrogens (primary N) is 1. The van der Waals surface area contributed by atoms with Crippen LogP contribution in [0.3, 0.4) is 0 Å². The maximum atomic E-state index is 12.6. The summed E-state index contributed by atoms with van der Waals surface area (Å²) in [4.78, 5) is 22.7. The molecule has 0 saturated carbocycles. The highest BCUT2D eigenvalue weighted by Gasteiger charge is 2.38. The minimum absolute atomic E-state index is 0. The molecule has 0 unspecified atom stereocenters. The van der Waals surface area contributed by atoms with Gasteiger partial charge in [0, 0.05) is 69.2 Å². The zero-order valence-corrected chi connectivity index (χ0v) is 39.0. The van der Waals surface area contributed by atoms with E-state index in [1.54, 1.807) is 31.6 Å². The number of hydrogen-bond acceptors (Lipinski definition) is 10. The Morgan fingerprint density at radius 1 is 0.833 bits per heavy atom. The highest BCUT2D eigenvalue weighted by Crippen LogP contribution is 2.38. The number of ketones is 1. The van der Waals surface area contributed by atoms with Crippen LogP contribution in [-0.4, -0.2) is 91.8 Å². The van der Waals surface area contributed by atoms with Gasteiger partial charge in [0.25, 0.3) is 0 Å². The summed E-state index contributed by atoms with van der Waals surface area (Å²) >= 11 is 0. The number of aryl methyl sites for hydroxylation is 1. The second kappa shape index (κ2) is 26.1. The SMILES string of the molecule is C.CC(C)(C)[Si](C)(C)OCc1cccnc1-c1ccnn1CCC(F)(F)F.CCO.CN(C)/C=C/C(=O)c1ncccc1CO[Si](C)(C)C(C)(C)C.NNCCC(F)(F)F. The number of carbonyl (C=O) groups is 1. The molecule has 3 aromatic rings. The topological polar surface area (TPSA) is 141 Å². The number of carbonyl (C=O) groups excluding carboxylic acids is 1. The van der Waals surface area contributed by atoms with Gasteiger partial charge in [-0.15, -0.1) is 0 Å². The fourth-order valence-corrected chi connectivity index (χ4v) is 5.87. The number of halogens is 6. The van der Waals surface area contributed by atoms with E-state index in [0.29, 0.717) is 30.3 Å². The fraction of sp³-hybridized carbons (Fsp3) is 0.610.